The Morgan fingerprint density at radius 2 is 2.21 bits per heavy atom. The molecule has 1 aliphatic rings. The third-order valence-electron chi connectivity index (χ3n) is 1.89. The van der Waals surface area contributed by atoms with Crippen LogP contribution in [0.4, 0.5) is 5.13 Å². The molecule has 1 aliphatic heterocycles. The standard InChI is InChI=1S/C8H12N4OS/c1-7-10-11-8(14-7)9-6-12-2-4-13-5-3-12/h6H,2-5H2,1H3/b9-6+. The van der Waals surface area contributed by atoms with Crippen LogP contribution in [-0.2, 0) is 4.74 Å². The molecular weight excluding hydrogens is 200 g/mol. The smallest absolute Gasteiger partial charge is 0.233 e. The molecule has 0 aromatic carbocycles. The topological polar surface area (TPSA) is 50.6 Å². The molecule has 0 spiro atoms. The van der Waals surface area contributed by atoms with Gasteiger partial charge in [0.25, 0.3) is 0 Å². The van der Waals surface area contributed by atoms with Gasteiger partial charge in [0.1, 0.15) is 5.01 Å². The summed E-state index contributed by atoms with van der Waals surface area (Å²) >= 11 is 1.50. The van der Waals surface area contributed by atoms with E-state index in [4.69, 9.17) is 4.74 Å². The summed E-state index contributed by atoms with van der Waals surface area (Å²) in [5.41, 5.74) is 0. The number of hydrogen-bond donors (Lipinski definition) is 0. The number of morpholine rings is 1. The molecule has 0 saturated carbocycles. The molecule has 0 amide bonds. The summed E-state index contributed by atoms with van der Waals surface area (Å²) in [6.07, 6.45) is 1.82. The summed E-state index contributed by atoms with van der Waals surface area (Å²) in [6.45, 7) is 5.29. The number of aromatic nitrogens is 2. The maximum atomic E-state index is 5.23. The van der Waals surface area contributed by atoms with Gasteiger partial charge in [0.05, 0.1) is 19.6 Å². The summed E-state index contributed by atoms with van der Waals surface area (Å²) in [5, 5.41) is 9.47. The Kier molecular flexibility index (Phi) is 3.05. The van der Waals surface area contributed by atoms with E-state index in [-0.39, 0.29) is 0 Å². The van der Waals surface area contributed by atoms with E-state index >= 15 is 0 Å². The predicted molar refractivity (Wildman–Crippen MR) is 55.2 cm³/mol. The zero-order valence-corrected chi connectivity index (χ0v) is 8.83. The van der Waals surface area contributed by atoms with E-state index in [1.54, 1.807) is 0 Å². The van der Waals surface area contributed by atoms with Crippen LogP contribution >= 0.6 is 11.3 Å². The van der Waals surface area contributed by atoms with Gasteiger partial charge in [-0.25, -0.2) is 4.99 Å². The second kappa shape index (κ2) is 4.47. The SMILES string of the molecule is Cc1nnc(/N=C/N2CCOCC2)s1. The zero-order chi connectivity index (χ0) is 9.80. The van der Waals surface area contributed by atoms with Crippen LogP contribution < -0.4 is 0 Å². The number of aryl methyl sites for hydroxylation is 1. The number of aliphatic imine (C=N–C) groups is 1. The van der Waals surface area contributed by atoms with E-state index in [1.807, 2.05) is 13.3 Å². The first-order valence-corrected chi connectivity index (χ1v) is 5.32. The van der Waals surface area contributed by atoms with Gasteiger partial charge in [-0.05, 0) is 6.92 Å². The fraction of sp³-hybridized carbons (Fsp3) is 0.625. The average molecular weight is 212 g/mol. The maximum Gasteiger partial charge on any atom is 0.233 e. The molecule has 14 heavy (non-hydrogen) atoms. The summed E-state index contributed by atoms with van der Waals surface area (Å²) in [4.78, 5) is 6.37. The Hall–Kier alpha value is -1.01. The molecule has 5 nitrogen and oxygen atoms in total. The molecule has 0 atom stereocenters. The zero-order valence-electron chi connectivity index (χ0n) is 8.01. The van der Waals surface area contributed by atoms with Crippen LogP contribution in [0.25, 0.3) is 0 Å². The van der Waals surface area contributed by atoms with Crippen LogP contribution in [0.5, 0.6) is 0 Å². The van der Waals surface area contributed by atoms with E-state index in [0.717, 1.165) is 31.3 Å². The quantitative estimate of drug-likeness (QED) is 0.538. The normalized spacial score (nSPS) is 17.9. The highest BCUT2D eigenvalue weighted by Crippen LogP contribution is 2.16. The van der Waals surface area contributed by atoms with Crippen LogP contribution in [0, 0.1) is 6.92 Å². The van der Waals surface area contributed by atoms with E-state index in [0.29, 0.717) is 5.13 Å². The minimum Gasteiger partial charge on any atom is -0.378 e. The lowest BCUT2D eigenvalue weighted by Crippen LogP contribution is -2.34. The Morgan fingerprint density at radius 3 is 2.86 bits per heavy atom. The van der Waals surface area contributed by atoms with Crippen LogP contribution in [-0.4, -0.2) is 47.7 Å². The van der Waals surface area contributed by atoms with Gasteiger partial charge in [-0.1, -0.05) is 11.3 Å². The van der Waals surface area contributed by atoms with Crippen molar-refractivity contribution in [2.75, 3.05) is 26.3 Å². The largest absolute Gasteiger partial charge is 0.378 e. The maximum absolute atomic E-state index is 5.23. The molecule has 1 fully saturated rings. The highest BCUT2D eigenvalue weighted by molar-refractivity contribution is 7.14. The summed E-state index contributed by atoms with van der Waals surface area (Å²) < 4.78 is 5.23. The van der Waals surface area contributed by atoms with Gasteiger partial charge < -0.3 is 9.64 Å². The van der Waals surface area contributed by atoms with Crippen molar-refractivity contribution in [3.63, 3.8) is 0 Å². The molecule has 0 unspecified atom stereocenters. The van der Waals surface area contributed by atoms with Crippen LogP contribution in [0.2, 0.25) is 0 Å². The number of ether oxygens (including phenoxy) is 1. The van der Waals surface area contributed by atoms with Gasteiger partial charge >= 0.3 is 0 Å². The second-order valence-electron chi connectivity index (χ2n) is 3.00. The van der Waals surface area contributed by atoms with Gasteiger partial charge in [0.2, 0.25) is 5.13 Å². The van der Waals surface area contributed by atoms with Crippen molar-refractivity contribution >= 4 is 22.8 Å². The van der Waals surface area contributed by atoms with Crippen molar-refractivity contribution in [3.8, 4) is 0 Å². The van der Waals surface area contributed by atoms with Crippen molar-refractivity contribution in [2.24, 2.45) is 4.99 Å². The monoisotopic (exact) mass is 212 g/mol. The Bertz CT molecular complexity index is 319. The fourth-order valence-corrected chi connectivity index (χ4v) is 1.69. The molecule has 1 aromatic heterocycles. The minimum absolute atomic E-state index is 0.717. The van der Waals surface area contributed by atoms with Crippen LogP contribution in [0.15, 0.2) is 4.99 Å². The summed E-state index contributed by atoms with van der Waals surface area (Å²) in [7, 11) is 0. The molecule has 0 radical (unpaired) electrons. The highest BCUT2D eigenvalue weighted by Gasteiger charge is 2.06. The average Bonchev–Trinajstić information content (AvgIpc) is 2.63. The van der Waals surface area contributed by atoms with Crippen molar-refractivity contribution in [1.82, 2.24) is 15.1 Å². The van der Waals surface area contributed by atoms with Crippen LogP contribution in [0.3, 0.4) is 0 Å². The number of rotatable bonds is 2. The molecule has 0 aliphatic carbocycles. The van der Waals surface area contributed by atoms with Crippen molar-refractivity contribution in [2.45, 2.75) is 6.92 Å². The summed E-state index contributed by atoms with van der Waals surface area (Å²) in [6, 6.07) is 0. The van der Waals surface area contributed by atoms with Crippen molar-refractivity contribution in [3.05, 3.63) is 5.01 Å². The van der Waals surface area contributed by atoms with Gasteiger partial charge in [0, 0.05) is 13.1 Å². The van der Waals surface area contributed by atoms with Crippen LogP contribution in [0.1, 0.15) is 5.01 Å². The van der Waals surface area contributed by atoms with Gasteiger partial charge in [-0.15, -0.1) is 10.2 Å². The molecule has 0 N–H and O–H groups in total. The molecular formula is C8H12N4OS. The molecule has 1 saturated heterocycles. The third kappa shape index (κ3) is 2.49. The lowest BCUT2D eigenvalue weighted by atomic mass is 10.5. The van der Waals surface area contributed by atoms with E-state index in [1.165, 1.54) is 11.3 Å². The lowest BCUT2D eigenvalue weighted by molar-refractivity contribution is 0.0701. The predicted octanol–water partition coefficient (Wildman–Crippen LogP) is 0.839. The lowest BCUT2D eigenvalue weighted by Gasteiger charge is -2.23. The second-order valence-corrected chi connectivity index (χ2v) is 4.16. The molecule has 2 heterocycles. The first kappa shape index (κ1) is 9.54. The van der Waals surface area contributed by atoms with Crippen molar-refractivity contribution in [1.29, 1.82) is 0 Å². The first-order valence-electron chi connectivity index (χ1n) is 4.51. The van der Waals surface area contributed by atoms with Gasteiger partial charge in [0.15, 0.2) is 0 Å². The highest BCUT2D eigenvalue weighted by atomic mass is 32.1. The van der Waals surface area contributed by atoms with E-state index < -0.39 is 0 Å². The number of nitrogens with zero attached hydrogens (tertiary/aromatic N) is 4. The van der Waals surface area contributed by atoms with Gasteiger partial charge in [-0.2, -0.15) is 0 Å². The minimum atomic E-state index is 0.717. The molecule has 76 valence electrons. The third-order valence-corrected chi connectivity index (χ3v) is 2.64. The Balaban J connectivity index is 1.92. The van der Waals surface area contributed by atoms with Gasteiger partial charge in [-0.3, -0.25) is 0 Å². The molecule has 1 aromatic rings. The molecule has 6 heteroatoms. The van der Waals surface area contributed by atoms with E-state index in [2.05, 4.69) is 20.1 Å². The Labute approximate surface area is 86.4 Å². The first-order chi connectivity index (χ1) is 6.84. The molecule has 0 bridgehead atoms. The fourth-order valence-electron chi connectivity index (χ4n) is 1.16. The van der Waals surface area contributed by atoms with E-state index in [9.17, 15) is 0 Å². The number of hydrogen-bond acceptors (Lipinski definition) is 5. The van der Waals surface area contributed by atoms with Crippen molar-refractivity contribution < 1.29 is 4.74 Å². The molecule has 2 rings (SSSR count). The summed E-state index contributed by atoms with van der Waals surface area (Å²) in [5.74, 6) is 0. The Morgan fingerprint density at radius 1 is 1.43 bits per heavy atom.